The van der Waals surface area contributed by atoms with Gasteiger partial charge in [-0.15, -0.1) is 23.5 Å². The zero-order valence-corrected chi connectivity index (χ0v) is 24.6. The maximum atomic E-state index is 5.65. The van der Waals surface area contributed by atoms with Gasteiger partial charge in [-0.1, -0.05) is 49.2 Å². The van der Waals surface area contributed by atoms with E-state index in [4.69, 9.17) is 9.47 Å². The van der Waals surface area contributed by atoms with Gasteiger partial charge < -0.3 is 9.47 Å². The lowest BCUT2D eigenvalue weighted by Crippen LogP contribution is -2.08. The second-order valence-electron chi connectivity index (χ2n) is 9.88. The Morgan fingerprint density at radius 2 is 0.925 bits per heavy atom. The predicted octanol–water partition coefficient (Wildman–Crippen LogP) is 8.39. The van der Waals surface area contributed by atoms with Crippen LogP contribution in [0.5, 0.6) is 11.5 Å². The molecule has 0 saturated heterocycles. The Labute approximate surface area is 243 Å². The maximum absolute atomic E-state index is 5.65. The monoisotopic (exact) mass is 566 g/mol. The minimum atomic E-state index is 0.887. The van der Waals surface area contributed by atoms with Crippen LogP contribution in [0.15, 0.2) is 94.7 Å². The smallest absolute Gasteiger partial charge is 0.254 e. The number of methoxy groups -OCH3 is 2. The average molecular weight is 567 g/mol. The number of thioether (sulfide) groups is 2. The topological polar surface area (TPSA) is 46.7 Å². The van der Waals surface area contributed by atoms with E-state index in [2.05, 4.69) is 82.8 Å². The zero-order chi connectivity index (χ0) is 27.3. The number of aromatic nitrogens is 2. The first-order valence-electron chi connectivity index (χ1n) is 13.9. The zero-order valence-electron chi connectivity index (χ0n) is 23.0. The number of hydrogen-bond donors (Lipinski definition) is 0. The lowest BCUT2D eigenvalue weighted by molar-refractivity contribution is -0.311. The van der Waals surface area contributed by atoms with Gasteiger partial charge in [-0.3, -0.25) is 0 Å². The molecule has 0 amide bonds. The van der Waals surface area contributed by atoms with Crippen LogP contribution in [-0.2, 0) is 0 Å². The van der Waals surface area contributed by atoms with Gasteiger partial charge in [-0.2, -0.15) is 0 Å². The first kappa shape index (κ1) is 26.7. The van der Waals surface area contributed by atoms with Crippen LogP contribution in [0.1, 0.15) is 25.7 Å². The number of H-pyrrole nitrogens is 2. The molecule has 2 heterocycles. The molecule has 0 unspecified atom stereocenters. The summed E-state index contributed by atoms with van der Waals surface area (Å²) in [5.41, 5.74) is 4.43. The Morgan fingerprint density at radius 3 is 1.38 bits per heavy atom. The fourth-order valence-electron chi connectivity index (χ4n) is 5.40. The van der Waals surface area contributed by atoms with Crippen molar-refractivity contribution in [3.8, 4) is 11.5 Å². The highest BCUT2D eigenvalue weighted by Crippen LogP contribution is 2.37. The molecule has 4 nitrogen and oxygen atoms in total. The van der Waals surface area contributed by atoms with E-state index >= 15 is 0 Å². The largest absolute Gasteiger partial charge is 0.490 e. The van der Waals surface area contributed by atoms with Crippen LogP contribution in [0.3, 0.4) is 0 Å². The van der Waals surface area contributed by atoms with Crippen molar-refractivity contribution in [2.45, 2.75) is 35.5 Å². The minimum Gasteiger partial charge on any atom is -0.490 e. The number of ether oxygens (including phenoxy) is 2. The predicted molar refractivity (Wildman–Crippen MR) is 169 cm³/mol. The van der Waals surface area contributed by atoms with Gasteiger partial charge in [-0.25, -0.2) is 9.97 Å². The van der Waals surface area contributed by atoms with Crippen LogP contribution in [0.4, 0.5) is 0 Å². The highest BCUT2D eigenvalue weighted by molar-refractivity contribution is 8.00. The molecule has 2 aromatic heterocycles. The molecular weight excluding hydrogens is 533 g/mol. The van der Waals surface area contributed by atoms with Crippen LogP contribution in [0.25, 0.3) is 43.6 Å². The van der Waals surface area contributed by atoms with Gasteiger partial charge in [0.2, 0.25) is 11.0 Å². The highest BCUT2D eigenvalue weighted by atomic mass is 32.2. The molecule has 0 aliphatic carbocycles. The number of hydrogen-bond acceptors (Lipinski definition) is 4. The molecule has 6 aromatic rings. The Hall–Kier alpha value is -3.48. The Kier molecular flexibility index (Phi) is 8.26. The summed E-state index contributed by atoms with van der Waals surface area (Å²) in [5.74, 6) is 3.99. The normalized spacial score (nSPS) is 11.6. The number of rotatable bonds is 11. The quantitative estimate of drug-likeness (QED) is 0.0898. The number of pyridine rings is 2. The fraction of sp³-hybridized carbons (Fsp3) is 0.235. The molecule has 2 N–H and O–H groups in total. The van der Waals surface area contributed by atoms with Gasteiger partial charge in [0.1, 0.15) is 0 Å². The van der Waals surface area contributed by atoms with Crippen molar-refractivity contribution >= 4 is 67.1 Å². The summed E-state index contributed by atoms with van der Waals surface area (Å²) < 4.78 is 11.3. The second kappa shape index (κ2) is 12.4. The standard InChI is InChI=1S/C34H32N2O2S2/c1-37-29-19-11-15-25-31(29)35-27-17-7-5-13-23(27)33(25)39-21-9-3-4-10-22-40-34-24-14-6-8-18-28(24)36-32-26(34)16-12-20-30(32)38-2/h5-8,11-20H,3-4,9-10,21-22H2,1-2H3/p+2. The van der Waals surface area contributed by atoms with Crippen molar-refractivity contribution in [2.24, 2.45) is 0 Å². The number of benzene rings is 4. The molecule has 6 heteroatoms. The van der Waals surface area contributed by atoms with Crippen molar-refractivity contribution in [3.63, 3.8) is 0 Å². The Morgan fingerprint density at radius 1 is 0.500 bits per heavy atom. The average Bonchev–Trinajstić information content (AvgIpc) is 3.00. The SMILES string of the molecule is COc1cccc2c(SCCCCCCSc3c4ccccc4[nH+]c4c(OC)cccc34)c3ccccc3[nH+]c12. The summed E-state index contributed by atoms with van der Waals surface area (Å²) in [5, 5.41) is 5.02. The summed E-state index contributed by atoms with van der Waals surface area (Å²) in [6.45, 7) is 0. The van der Waals surface area contributed by atoms with Crippen LogP contribution in [0.2, 0.25) is 0 Å². The molecule has 0 saturated carbocycles. The molecule has 0 bridgehead atoms. The van der Waals surface area contributed by atoms with E-state index in [9.17, 15) is 0 Å². The number of para-hydroxylation sites is 4. The van der Waals surface area contributed by atoms with Gasteiger partial charge in [0, 0.05) is 21.9 Å². The number of unbranched alkanes of at least 4 members (excludes halogenated alkanes) is 3. The molecule has 40 heavy (non-hydrogen) atoms. The van der Waals surface area contributed by atoms with E-state index < -0.39 is 0 Å². The van der Waals surface area contributed by atoms with Crippen LogP contribution >= 0.6 is 23.5 Å². The van der Waals surface area contributed by atoms with Gasteiger partial charge in [-0.05, 0) is 60.7 Å². The lowest BCUT2D eigenvalue weighted by atomic mass is 10.1. The van der Waals surface area contributed by atoms with E-state index in [0.29, 0.717) is 0 Å². The van der Waals surface area contributed by atoms with E-state index in [1.165, 1.54) is 57.0 Å². The number of fused-ring (bicyclic) bond motifs is 4. The first-order chi connectivity index (χ1) is 19.8. The van der Waals surface area contributed by atoms with Gasteiger partial charge in [0.05, 0.1) is 35.8 Å². The van der Waals surface area contributed by atoms with Crippen molar-refractivity contribution in [1.29, 1.82) is 0 Å². The summed E-state index contributed by atoms with van der Waals surface area (Å²) in [7, 11) is 3.47. The third-order valence-electron chi connectivity index (χ3n) is 7.38. The first-order valence-corrected chi connectivity index (χ1v) is 15.8. The second-order valence-corrected chi connectivity index (χ2v) is 12.1. The summed E-state index contributed by atoms with van der Waals surface area (Å²) >= 11 is 3.94. The molecule has 0 atom stereocenters. The minimum absolute atomic E-state index is 0.887. The lowest BCUT2D eigenvalue weighted by Gasteiger charge is -2.10. The van der Waals surface area contributed by atoms with Gasteiger partial charge in [0.15, 0.2) is 11.5 Å². The third-order valence-corrected chi connectivity index (χ3v) is 9.82. The molecule has 0 fully saturated rings. The van der Waals surface area contributed by atoms with E-state index in [1.807, 2.05) is 35.7 Å². The number of aromatic amines is 2. The molecule has 0 spiro atoms. The molecule has 0 radical (unpaired) electrons. The summed E-state index contributed by atoms with van der Waals surface area (Å²) in [6.07, 6.45) is 4.89. The summed E-state index contributed by atoms with van der Waals surface area (Å²) in [4.78, 5) is 9.86. The molecular formula is C34H34N2O2S2+2. The van der Waals surface area contributed by atoms with Crippen LogP contribution in [0, 0.1) is 0 Å². The molecule has 0 aliphatic rings. The van der Waals surface area contributed by atoms with Crippen LogP contribution in [-0.4, -0.2) is 25.7 Å². The molecule has 202 valence electrons. The van der Waals surface area contributed by atoms with E-state index in [-0.39, 0.29) is 0 Å². The van der Waals surface area contributed by atoms with E-state index in [1.54, 1.807) is 14.2 Å². The Balaban J connectivity index is 1.08. The van der Waals surface area contributed by atoms with Crippen molar-refractivity contribution in [3.05, 3.63) is 84.9 Å². The molecule has 6 rings (SSSR count). The van der Waals surface area contributed by atoms with Crippen molar-refractivity contribution in [2.75, 3.05) is 25.7 Å². The highest BCUT2D eigenvalue weighted by Gasteiger charge is 2.19. The van der Waals surface area contributed by atoms with Gasteiger partial charge in [0.25, 0.3) is 11.0 Å². The third kappa shape index (κ3) is 5.30. The summed E-state index contributed by atoms with van der Waals surface area (Å²) in [6, 6.07) is 29.8. The number of nitrogens with one attached hydrogen (secondary N) is 2. The molecule has 0 aliphatic heterocycles. The molecule has 4 aromatic carbocycles. The van der Waals surface area contributed by atoms with Gasteiger partial charge >= 0.3 is 0 Å². The van der Waals surface area contributed by atoms with Crippen molar-refractivity contribution in [1.82, 2.24) is 0 Å². The van der Waals surface area contributed by atoms with Crippen molar-refractivity contribution < 1.29 is 19.4 Å². The van der Waals surface area contributed by atoms with E-state index in [0.717, 1.165) is 45.1 Å². The Bertz CT molecular complexity index is 1670. The van der Waals surface area contributed by atoms with Crippen LogP contribution < -0.4 is 19.4 Å². The maximum Gasteiger partial charge on any atom is 0.254 e. The fourth-order valence-corrected chi connectivity index (χ4v) is 7.82.